The Morgan fingerprint density at radius 2 is 1.85 bits per heavy atom. The van der Waals surface area contributed by atoms with Crippen LogP contribution >= 0.6 is 11.6 Å². The SMILES string of the molecule is CCCNCc1ccc(-c2cc(C)c(F)cc2Cl)cc1. The van der Waals surface area contributed by atoms with E-state index in [1.807, 2.05) is 12.1 Å². The molecule has 0 fully saturated rings. The Kier molecular flexibility index (Phi) is 5.16. The predicted molar refractivity (Wildman–Crippen MR) is 83.6 cm³/mol. The van der Waals surface area contributed by atoms with Gasteiger partial charge in [-0.05, 0) is 48.7 Å². The zero-order chi connectivity index (χ0) is 14.5. The Bertz CT molecular complexity index is 578. The number of hydrogen-bond donors (Lipinski definition) is 1. The molecule has 0 aliphatic heterocycles. The van der Waals surface area contributed by atoms with Crippen LogP contribution in [0.3, 0.4) is 0 Å². The van der Waals surface area contributed by atoms with Crippen molar-refractivity contribution < 1.29 is 4.39 Å². The van der Waals surface area contributed by atoms with Crippen molar-refractivity contribution in [1.82, 2.24) is 5.32 Å². The van der Waals surface area contributed by atoms with Crippen LogP contribution in [0.4, 0.5) is 4.39 Å². The molecule has 0 heterocycles. The summed E-state index contributed by atoms with van der Waals surface area (Å²) < 4.78 is 13.4. The molecule has 0 spiro atoms. The van der Waals surface area contributed by atoms with Gasteiger partial charge in [0.05, 0.1) is 5.02 Å². The fraction of sp³-hybridized carbons (Fsp3) is 0.294. The fourth-order valence-electron chi connectivity index (χ4n) is 2.09. The molecule has 1 N–H and O–H groups in total. The molecule has 0 amide bonds. The molecule has 0 radical (unpaired) electrons. The van der Waals surface area contributed by atoms with Gasteiger partial charge >= 0.3 is 0 Å². The van der Waals surface area contributed by atoms with E-state index >= 15 is 0 Å². The topological polar surface area (TPSA) is 12.0 Å². The van der Waals surface area contributed by atoms with Crippen LogP contribution in [0.15, 0.2) is 36.4 Å². The molecule has 2 aromatic rings. The van der Waals surface area contributed by atoms with Gasteiger partial charge in [0.15, 0.2) is 0 Å². The van der Waals surface area contributed by atoms with Crippen molar-refractivity contribution in [3.05, 3.63) is 58.4 Å². The van der Waals surface area contributed by atoms with Crippen LogP contribution in [0.2, 0.25) is 5.02 Å². The highest BCUT2D eigenvalue weighted by molar-refractivity contribution is 6.33. The molecule has 1 nitrogen and oxygen atoms in total. The van der Waals surface area contributed by atoms with Gasteiger partial charge in [0.2, 0.25) is 0 Å². The lowest BCUT2D eigenvalue weighted by atomic mass is 10.0. The summed E-state index contributed by atoms with van der Waals surface area (Å²) in [5.74, 6) is -0.265. The molecule has 3 heteroatoms. The van der Waals surface area contributed by atoms with Crippen LogP contribution < -0.4 is 5.32 Å². The average molecular weight is 292 g/mol. The van der Waals surface area contributed by atoms with Crippen molar-refractivity contribution in [1.29, 1.82) is 0 Å². The molecule has 0 unspecified atom stereocenters. The zero-order valence-electron chi connectivity index (χ0n) is 11.8. The summed E-state index contributed by atoms with van der Waals surface area (Å²) in [7, 11) is 0. The lowest BCUT2D eigenvalue weighted by Crippen LogP contribution is -2.13. The van der Waals surface area contributed by atoms with E-state index in [9.17, 15) is 4.39 Å². The largest absolute Gasteiger partial charge is 0.313 e. The van der Waals surface area contributed by atoms with Gasteiger partial charge in [0.1, 0.15) is 5.82 Å². The number of aryl methyl sites for hydroxylation is 1. The Morgan fingerprint density at radius 3 is 2.50 bits per heavy atom. The first-order chi connectivity index (χ1) is 9.61. The Hall–Kier alpha value is -1.38. The monoisotopic (exact) mass is 291 g/mol. The Morgan fingerprint density at radius 1 is 1.15 bits per heavy atom. The second-order valence-corrected chi connectivity index (χ2v) is 5.36. The van der Waals surface area contributed by atoms with Crippen LogP contribution in [-0.2, 0) is 6.54 Å². The summed E-state index contributed by atoms with van der Waals surface area (Å²) in [5, 5.41) is 3.81. The number of hydrogen-bond acceptors (Lipinski definition) is 1. The van der Waals surface area contributed by atoms with E-state index in [1.165, 1.54) is 11.6 Å². The maximum absolute atomic E-state index is 13.4. The predicted octanol–water partition coefficient (Wildman–Crippen LogP) is 4.95. The first-order valence-electron chi connectivity index (χ1n) is 6.87. The summed E-state index contributed by atoms with van der Waals surface area (Å²) in [6.07, 6.45) is 1.13. The second-order valence-electron chi connectivity index (χ2n) is 4.95. The van der Waals surface area contributed by atoms with Crippen molar-refractivity contribution in [2.24, 2.45) is 0 Å². The van der Waals surface area contributed by atoms with Crippen LogP contribution in [0.25, 0.3) is 11.1 Å². The van der Waals surface area contributed by atoms with E-state index in [0.29, 0.717) is 10.6 Å². The van der Waals surface area contributed by atoms with Crippen molar-refractivity contribution in [2.45, 2.75) is 26.8 Å². The molecule has 0 aliphatic carbocycles. The summed E-state index contributed by atoms with van der Waals surface area (Å²) >= 11 is 6.13. The van der Waals surface area contributed by atoms with Crippen molar-refractivity contribution in [2.75, 3.05) is 6.54 Å². The van der Waals surface area contributed by atoms with Gasteiger partial charge in [-0.1, -0.05) is 42.8 Å². The third kappa shape index (κ3) is 3.59. The fourth-order valence-corrected chi connectivity index (χ4v) is 2.35. The van der Waals surface area contributed by atoms with E-state index in [0.717, 1.165) is 30.6 Å². The lowest BCUT2D eigenvalue weighted by molar-refractivity contribution is 0.619. The molecule has 20 heavy (non-hydrogen) atoms. The molecule has 0 aliphatic rings. The number of nitrogens with one attached hydrogen (secondary N) is 1. The van der Waals surface area contributed by atoms with Gasteiger partial charge in [-0.25, -0.2) is 4.39 Å². The standard InChI is InChI=1S/C17H19ClFN/c1-3-8-20-11-13-4-6-14(7-5-13)15-9-12(2)17(19)10-16(15)18/h4-7,9-10,20H,3,8,11H2,1-2H3. The first kappa shape index (κ1) is 15.0. The molecule has 0 saturated heterocycles. The van der Waals surface area contributed by atoms with Crippen LogP contribution in [0.5, 0.6) is 0 Å². The molecule has 0 atom stereocenters. The third-order valence-corrected chi connectivity index (χ3v) is 3.58. The minimum atomic E-state index is -0.265. The highest BCUT2D eigenvalue weighted by Crippen LogP contribution is 2.30. The van der Waals surface area contributed by atoms with Gasteiger partial charge in [-0.2, -0.15) is 0 Å². The van der Waals surface area contributed by atoms with Crippen LogP contribution in [-0.4, -0.2) is 6.54 Å². The van der Waals surface area contributed by atoms with Gasteiger partial charge in [0, 0.05) is 12.1 Å². The molecule has 106 valence electrons. The number of rotatable bonds is 5. The number of halogens is 2. The normalized spacial score (nSPS) is 10.8. The smallest absolute Gasteiger partial charge is 0.127 e. The highest BCUT2D eigenvalue weighted by atomic mass is 35.5. The molecule has 2 rings (SSSR count). The minimum absolute atomic E-state index is 0.265. The molecular weight excluding hydrogens is 273 g/mol. The van der Waals surface area contributed by atoms with Crippen LogP contribution in [0.1, 0.15) is 24.5 Å². The summed E-state index contributed by atoms with van der Waals surface area (Å²) in [6.45, 7) is 5.78. The van der Waals surface area contributed by atoms with E-state index in [1.54, 1.807) is 13.0 Å². The van der Waals surface area contributed by atoms with Crippen molar-refractivity contribution >= 4 is 11.6 Å². The molecule has 0 aromatic heterocycles. The van der Waals surface area contributed by atoms with Gasteiger partial charge in [-0.15, -0.1) is 0 Å². The molecule has 2 aromatic carbocycles. The van der Waals surface area contributed by atoms with E-state index in [-0.39, 0.29) is 5.82 Å². The van der Waals surface area contributed by atoms with E-state index in [2.05, 4.69) is 24.4 Å². The Labute approximate surface area is 124 Å². The summed E-state index contributed by atoms with van der Waals surface area (Å²) in [4.78, 5) is 0. The molecule has 0 saturated carbocycles. The minimum Gasteiger partial charge on any atom is -0.313 e. The zero-order valence-corrected chi connectivity index (χ0v) is 12.6. The molecule has 0 bridgehead atoms. The maximum atomic E-state index is 13.4. The summed E-state index contributed by atoms with van der Waals surface area (Å²) in [5.41, 5.74) is 3.73. The summed E-state index contributed by atoms with van der Waals surface area (Å²) in [6, 6.07) is 11.4. The maximum Gasteiger partial charge on any atom is 0.127 e. The second kappa shape index (κ2) is 6.87. The van der Waals surface area contributed by atoms with E-state index < -0.39 is 0 Å². The average Bonchev–Trinajstić information content (AvgIpc) is 2.44. The lowest BCUT2D eigenvalue weighted by Gasteiger charge is -2.09. The number of benzene rings is 2. The quantitative estimate of drug-likeness (QED) is 0.768. The first-order valence-corrected chi connectivity index (χ1v) is 7.25. The van der Waals surface area contributed by atoms with Gasteiger partial charge in [0.25, 0.3) is 0 Å². The highest BCUT2D eigenvalue weighted by Gasteiger charge is 2.07. The van der Waals surface area contributed by atoms with Gasteiger partial charge < -0.3 is 5.32 Å². The van der Waals surface area contributed by atoms with Gasteiger partial charge in [-0.3, -0.25) is 0 Å². The Balaban J connectivity index is 2.19. The van der Waals surface area contributed by atoms with Crippen LogP contribution in [0, 0.1) is 12.7 Å². The third-order valence-electron chi connectivity index (χ3n) is 3.27. The van der Waals surface area contributed by atoms with E-state index in [4.69, 9.17) is 11.6 Å². The molecular formula is C17H19ClFN. The van der Waals surface area contributed by atoms with Crippen molar-refractivity contribution in [3.8, 4) is 11.1 Å². The van der Waals surface area contributed by atoms with Crippen molar-refractivity contribution in [3.63, 3.8) is 0 Å².